The van der Waals surface area contributed by atoms with E-state index in [4.69, 9.17) is 4.74 Å². The van der Waals surface area contributed by atoms with Crippen molar-refractivity contribution in [3.05, 3.63) is 53.7 Å². The third-order valence-electron chi connectivity index (χ3n) is 4.92. The molecule has 1 aliphatic heterocycles. The maximum Gasteiger partial charge on any atom is 0.315 e. The van der Waals surface area contributed by atoms with Gasteiger partial charge in [0.1, 0.15) is 11.6 Å². The molecule has 0 radical (unpaired) electrons. The van der Waals surface area contributed by atoms with Crippen LogP contribution in [0.15, 0.2) is 42.6 Å². The maximum absolute atomic E-state index is 12.4. The van der Waals surface area contributed by atoms with Crippen LogP contribution in [0.2, 0.25) is 0 Å². The first-order valence-electron chi connectivity index (χ1n) is 9.57. The van der Waals surface area contributed by atoms with Gasteiger partial charge in [-0.1, -0.05) is 19.1 Å². The second kappa shape index (κ2) is 9.26. The molecule has 0 saturated carbocycles. The van der Waals surface area contributed by atoms with Crippen LogP contribution in [0.5, 0.6) is 5.75 Å². The Kier molecular flexibility index (Phi) is 6.52. The molecule has 144 valence electrons. The average molecular weight is 368 g/mol. The zero-order valence-corrected chi connectivity index (χ0v) is 16.1. The van der Waals surface area contributed by atoms with Gasteiger partial charge in [-0.15, -0.1) is 0 Å². The van der Waals surface area contributed by atoms with Crippen LogP contribution in [0.25, 0.3) is 0 Å². The first kappa shape index (κ1) is 19.0. The summed E-state index contributed by atoms with van der Waals surface area (Å²) >= 11 is 0. The number of ether oxygens (including phenoxy) is 1. The third-order valence-corrected chi connectivity index (χ3v) is 4.92. The Hall–Kier alpha value is -2.76. The summed E-state index contributed by atoms with van der Waals surface area (Å²) in [5, 5.41) is 6.00. The molecular weight excluding hydrogens is 340 g/mol. The molecule has 1 saturated heterocycles. The van der Waals surface area contributed by atoms with Crippen LogP contribution >= 0.6 is 0 Å². The molecule has 1 aliphatic rings. The second-order valence-electron chi connectivity index (χ2n) is 6.78. The minimum Gasteiger partial charge on any atom is -0.497 e. The summed E-state index contributed by atoms with van der Waals surface area (Å²) in [5.41, 5.74) is 2.12. The molecule has 1 aromatic carbocycles. The summed E-state index contributed by atoms with van der Waals surface area (Å²) in [6.07, 6.45) is 5.07. The van der Waals surface area contributed by atoms with Crippen molar-refractivity contribution in [2.24, 2.45) is 0 Å². The number of rotatable bonds is 7. The lowest BCUT2D eigenvalue weighted by atomic mass is 10.0. The summed E-state index contributed by atoms with van der Waals surface area (Å²) in [5.74, 6) is 1.81. The minimum atomic E-state index is -0.169. The zero-order chi connectivity index (χ0) is 19.1. The van der Waals surface area contributed by atoms with Gasteiger partial charge in [-0.05, 0) is 54.7 Å². The normalized spacial score (nSPS) is 14.7. The highest BCUT2D eigenvalue weighted by molar-refractivity contribution is 5.74. The van der Waals surface area contributed by atoms with Gasteiger partial charge in [0.2, 0.25) is 0 Å². The topological polar surface area (TPSA) is 66.5 Å². The fourth-order valence-corrected chi connectivity index (χ4v) is 3.34. The van der Waals surface area contributed by atoms with E-state index in [2.05, 4.69) is 33.5 Å². The molecule has 2 heterocycles. The molecule has 2 aromatic rings. The predicted molar refractivity (Wildman–Crippen MR) is 107 cm³/mol. The van der Waals surface area contributed by atoms with Crippen LogP contribution < -0.4 is 20.3 Å². The number of methoxy groups -OCH3 is 1. The van der Waals surface area contributed by atoms with Crippen LogP contribution in [0, 0.1) is 0 Å². The largest absolute Gasteiger partial charge is 0.497 e. The van der Waals surface area contributed by atoms with Crippen molar-refractivity contribution < 1.29 is 9.53 Å². The summed E-state index contributed by atoms with van der Waals surface area (Å²) in [4.78, 5) is 19.1. The van der Waals surface area contributed by atoms with Gasteiger partial charge in [-0.25, -0.2) is 9.78 Å². The van der Waals surface area contributed by atoms with Gasteiger partial charge in [0.15, 0.2) is 0 Å². The Balaban J connectivity index is 1.54. The van der Waals surface area contributed by atoms with Gasteiger partial charge in [-0.2, -0.15) is 0 Å². The van der Waals surface area contributed by atoms with Gasteiger partial charge in [0.05, 0.1) is 13.2 Å². The molecule has 2 N–H and O–H groups in total. The molecule has 27 heavy (non-hydrogen) atoms. The molecule has 1 aromatic heterocycles. The van der Waals surface area contributed by atoms with Gasteiger partial charge in [0, 0.05) is 25.8 Å². The molecule has 1 unspecified atom stereocenters. The molecule has 0 bridgehead atoms. The highest BCUT2D eigenvalue weighted by atomic mass is 16.5. The van der Waals surface area contributed by atoms with Crippen LogP contribution in [-0.4, -0.2) is 31.2 Å². The number of hydrogen-bond acceptors (Lipinski definition) is 4. The molecule has 6 nitrogen and oxygen atoms in total. The van der Waals surface area contributed by atoms with Gasteiger partial charge in [-0.3, -0.25) is 0 Å². The quantitative estimate of drug-likeness (QED) is 0.783. The number of aromatic nitrogens is 1. The average Bonchev–Trinajstić information content (AvgIpc) is 3.26. The number of pyridine rings is 1. The molecule has 1 atom stereocenters. The number of carbonyl (C=O) groups excluding carboxylic acids is 1. The lowest BCUT2D eigenvalue weighted by molar-refractivity contribution is 0.236. The smallest absolute Gasteiger partial charge is 0.315 e. The van der Waals surface area contributed by atoms with Crippen molar-refractivity contribution in [1.82, 2.24) is 15.6 Å². The number of carbonyl (C=O) groups is 1. The van der Waals surface area contributed by atoms with Crippen LogP contribution in [0.3, 0.4) is 0 Å². The van der Waals surface area contributed by atoms with Crippen molar-refractivity contribution in [1.29, 1.82) is 0 Å². The SMILES string of the molecule is CCC(NC(=O)NCc1ccnc(N2CCCC2)c1)c1ccc(OC)cc1. The zero-order valence-electron chi connectivity index (χ0n) is 16.1. The summed E-state index contributed by atoms with van der Waals surface area (Å²) in [7, 11) is 1.65. The van der Waals surface area contributed by atoms with Crippen molar-refractivity contribution in [2.45, 2.75) is 38.8 Å². The second-order valence-corrected chi connectivity index (χ2v) is 6.78. The molecular formula is C21H28N4O2. The number of hydrogen-bond donors (Lipinski definition) is 2. The first-order chi connectivity index (χ1) is 13.2. The van der Waals surface area contributed by atoms with E-state index in [1.807, 2.05) is 36.5 Å². The van der Waals surface area contributed by atoms with Crippen molar-refractivity contribution in [3.8, 4) is 5.75 Å². The van der Waals surface area contributed by atoms with Gasteiger partial charge in [0.25, 0.3) is 0 Å². The number of nitrogens with zero attached hydrogens (tertiary/aromatic N) is 2. The number of nitrogens with one attached hydrogen (secondary N) is 2. The molecule has 2 amide bonds. The Morgan fingerprint density at radius 2 is 1.96 bits per heavy atom. The highest BCUT2D eigenvalue weighted by Crippen LogP contribution is 2.20. The van der Waals surface area contributed by atoms with Crippen LogP contribution in [0.4, 0.5) is 10.6 Å². The molecule has 6 heteroatoms. The van der Waals surface area contributed by atoms with Crippen molar-refractivity contribution >= 4 is 11.8 Å². The third kappa shape index (κ3) is 5.12. The Morgan fingerprint density at radius 3 is 2.63 bits per heavy atom. The van der Waals surface area contributed by atoms with Crippen LogP contribution in [-0.2, 0) is 6.54 Å². The van der Waals surface area contributed by atoms with E-state index in [0.29, 0.717) is 6.54 Å². The lowest BCUT2D eigenvalue weighted by Crippen LogP contribution is -2.37. The standard InChI is InChI=1S/C21H28N4O2/c1-3-19(17-6-8-18(27-2)9-7-17)24-21(26)23-15-16-10-11-22-20(14-16)25-12-4-5-13-25/h6-11,14,19H,3-5,12-13,15H2,1-2H3,(H2,23,24,26). The molecule has 0 aliphatic carbocycles. The summed E-state index contributed by atoms with van der Waals surface area (Å²) < 4.78 is 5.19. The van der Waals surface area contributed by atoms with E-state index < -0.39 is 0 Å². The summed E-state index contributed by atoms with van der Waals surface area (Å²) in [6, 6.07) is 11.6. The fraction of sp³-hybridized carbons (Fsp3) is 0.429. The monoisotopic (exact) mass is 368 g/mol. The highest BCUT2D eigenvalue weighted by Gasteiger charge is 2.15. The number of benzene rings is 1. The Labute approximate surface area is 160 Å². The lowest BCUT2D eigenvalue weighted by Gasteiger charge is -2.19. The Bertz CT molecular complexity index is 742. The Morgan fingerprint density at radius 1 is 1.22 bits per heavy atom. The molecule has 0 spiro atoms. The number of anilines is 1. The van der Waals surface area contributed by atoms with Crippen molar-refractivity contribution in [3.63, 3.8) is 0 Å². The number of amides is 2. The van der Waals surface area contributed by atoms with E-state index in [1.165, 1.54) is 12.8 Å². The van der Waals surface area contributed by atoms with E-state index in [-0.39, 0.29) is 12.1 Å². The van der Waals surface area contributed by atoms with Crippen molar-refractivity contribution in [2.75, 3.05) is 25.1 Å². The van der Waals surface area contributed by atoms with Gasteiger partial charge < -0.3 is 20.3 Å². The fourth-order valence-electron chi connectivity index (χ4n) is 3.34. The summed E-state index contributed by atoms with van der Waals surface area (Å²) in [6.45, 7) is 4.66. The van der Waals surface area contributed by atoms with E-state index in [0.717, 1.165) is 42.2 Å². The van der Waals surface area contributed by atoms with Crippen LogP contribution in [0.1, 0.15) is 43.4 Å². The first-order valence-corrected chi connectivity index (χ1v) is 9.57. The van der Waals surface area contributed by atoms with E-state index in [9.17, 15) is 4.79 Å². The minimum absolute atomic E-state index is 0.0338. The number of urea groups is 1. The van der Waals surface area contributed by atoms with E-state index in [1.54, 1.807) is 7.11 Å². The maximum atomic E-state index is 12.4. The van der Waals surface area contributed by atoms with E-state index >= 15 is 0 Å². The van der Waals surface area contributed by atoms with Gasteiger partial charge >= 0.3 is 6.03 Å². The predicted octanol–water partition coefficient (Wildman–Crippen LogP) is 3.64. The molecule has 3 rings (SSSR count). The molecule has 1 fully saturated rings.